The first-order valence-electron chi connectivity index (χ1n) is 7.36. The van der Waals surface area contributed by atoms with Crippen LogP contribution in [0.4, 0.5) is 5.69 Å². The van der Waals surface area contributed by atoms with Crippen molar-refractivity contribution in [3.63, 3.8) is 0 Å². The lowest BCUT2D eigenvalue weighted by molar-refractivity contribution is -0.127. The standard InChI is InChI=1S/C17H22N2O2/c1-12-7-6-8-13(2)16(12)19-15(20)11-18-17(21)14-9-4-3-5-10-14/h3-4,6-8,14H,5,9-11H2,1-2H3,(H,18,21)(H,19,20). The normalized spacial score (nSPS) is 17.3. The van der Waals surface area contributed by atoms with Gasteiger partial charge in [-0.2, -0.15) is 0 Å². The first-order valence-corrected chi connectivity index (χ1v) is 7.36. The Labute approximate surface area is 125 Å². The summed E-state index contributed by atoms with van der Waals surface area (Å²) < 4.78 is 0. The fourth-order valence-electron chi connectivity index (χ4n) is 2.54. The number of carbonyl (C=O) groups excluding carboxylic acids is 2. The number of carbonyl (C=O) groups is 2. The van der Waals surface area contributed by atoms with Gasteiger partial charge >= 0.3 is 0 Å². The second-order valence-electron chi connectivity index (χ2n) is 5.51. The van der Waals surface area contributed by atoms with Crippen LogP contribution in [-0.4, -0.2) is 18.4 Å². The highest BCUT2D eigenvalue weighted by Gasteiger charge is 2.19. The van der Waals surface area contributed by atoms with Gasteiger partial charge in [-0.05, 0) is 44.2 Å². The quantitative estimate of drug-likeness (QED) is 0.836. The van der Waals surface area contributed by atoms with Crippen LogP contribution in [0.25, 0.3) is 0 Å². The van der Waals surface area contributed by atoms with Gasteiger partial charge in [0.25, 0.3) is 0 Å². The number of aryl methyl sites for hydroxylation is 2. The number of benzene rings is 1. The number of amides is 2. The molecule has 2 N–H and O–H groups in total. The molecule has 2 amide bonds. The number of rotatable bonds is 4. The third-order valence-corrected chi connectivity index (χ3v) is 3.81. The van der Waals surface area contributed by atoms with Crippen molar-refractivity contribution in [2.45, 2.75) is 33.1 Å². The van der Waals surface area contributed by atoms with Crippen molar-refractivity contribution < 1.29 is 9.59 Å². The molecule has 1 aliphatic carbocycles. The van der Waals surface area contributed by atoms with Crippen molar-refractivity contribution in [2.24, 2.45) is 5.92 Å². The van der Waals surface area contributed by atoms with Crippen LogP contribution >= 0.6 is 0 Å². The van der Waals surface area contributed by atoms with Crippen LogP contribution in [0.2, 0.25) is 0 Å². The highest BCUT2D eigenvalue weighted by Crippen LogP contribution is 2.19. The van der Waals surface area contributed by atoms with Crippen molar-refractivity contribution in [3.05, 3.63) is 41.5 Å². The molecule has 4 nitrogen and oxygen atoms in total. The first kappa shape index (κ1) is 15.3. The number of hydrogen-bond donors (Lipinski definition) is 2. The molecule has 0 aliphatic heterocycles. The number of allylic oxidation sites excluding steroid dienone is 2. The van der Waals surface area contributed by atoms with Crippen LogP contribution < -0.4 is 10.6 Å². The van der Waals surface area contributed by atoms with E-state index in [0.717, 1.165) is 36.1 Å². The van der Waals surface area contributed by atoms with E-state index in [9.17, 15) is 9.59 Å². The summed E-state index contributed by atoms with van der Waals surface area (Å²) in [5.74, 6) is -0.217. The van der Waals surface area contributed by atoms with Crippen molar-refractivity contribution >= 4 is 17.5 Å². The number of anilines is 1. The van der Waals surface area contributed by atoms with Crippen molar-refractivity contribution in [1.29, 1.82) is 0 Å². The molecule has 21 heavy (non-hydrogen) atoms. The minimum atomic E-state index is -0.188. The van der Waals surface area contributed by atoms with Gasteiger partial charge in [0, 0.05) is 11.6 Å². The molecule has 0 saturated carbocycles. The van der Waals surface area contributed by atoms with Gasteiger partial charge in [0.05, 0.1) is 6.54 Å². The molecular weight excluding hydrogens is 264 g/mol. The second kappa shape index (κ2) is 7.07. The summed E-state index contributed by atoms with van der Waals surface area (Å²) in [6.45, 7) is 3.93. The molecule has 0 fully saturated rings. The maximum atomic E-state index is 12.0. The van der Waals surface area contributed by atoms with E-state index >= 15 is 0 Å². The van der Waals surface area contributed by atoms with Crippen molar-refractivity contribution in [1.82, 2.24) is 5.32 Å². The Morgan fingerprint density at radius 1 is 1.19 bits per heavy atom. The molecule has 1 aromatic carbocycles. The molecule has 0 heterocycles. The zero-order valence-electron chi connectivity index (χ0n) is 12.6. The topological polar surface area (TPSA) is 58.2 Å². The molecular formula is C17H22N2O2. The maximum Gasteiger partial charge on any atom is 0.243 e. The molecule has 1 aliphatic rings. The number of para-hydroxylation sites is 1. The van der Waals surface area contributed by atoms with E-state index < -0.39 is 0 Å². The van der Waals surface area contributed by atoms with Gasteiger partial charge in [-0.3, -0.25) is 9.59 Å². The zero-order chi connectivity index (χ0) is 15.2. The molecule has 0 radical (unpaired) electrons. The van der Waals surface area contributed by atoms with Gasteiger partial charge in [0.2, 0.25) is 11.8 Å². The van der Waals surface area contributed by atoms with Gasteiger partial charge in [-0.15, -0.1) is 0 Å². The van der Waals surface area contributed by atoms with E-state index in [2.05, 4.69) is 16.7 Å². The molecule has 2 rings (SSSR count). The van der Waals surface area contributed by atoms with Gasteiger partial charge < -0.3 is 10.6 Å². The zero-order valence-corrected chi connectivity index (χ0v) is 12.6. The van der Waals surface area contributed by atoms with E-state index in [1.165, 1.54) is 0 Å². The predicted octanol–water partition coefficient (Wildman–Crippen LogP) is 2.71. The van der Waals surface area contributed by atoms with Crippen LogP contribution in [0.3, 0.4) is 0 Å². The molecule has 0 saturated heterocycles. The summed E-state index contributed by atoms with van der Waals surface area (Å²) >= 11 is 0. The Kier molecular flexibility index (Phi) is 5.14. The Balaban J connectivity index is 1.85. The van der Waals surface area contributed by atoms with Crippen LogP contribution in [0.5, 0.6) is 0 Å². The summed E-state index contributed by atoms with van der Waals surface area (Å²) in [4.78, 5) is 23.9. The number of nitrogens with one attached hydrogen (secondary N) is 2. The third kappa shape index (κ3) is 4.18. The lowest BCUT2D eigenvalue weighted by atomic mass is 9.94. The third-order valence-electron chi connectivity index (χ3n) is 3.81. The molecule has 112 valence electrons. The van der Waals surface area contributed by atoms with Gasteiger partial charge in [0.15, 0.2) is 0 Å². The summed E-state index contributed by atoms with van der Waals surface area (Å²) in [6, 6.07) is 5.86. The molecule has 4 heteroatoms. The van der Waals surface area contributed by atoms with Crippen LogP contribution in [0, 0.1) is 19.8 Å². The highest BCUT2D eigenvalue weighted by atomic mass is 16.2. The van der Waals surface area contributed by atoms with E-state index in [4.69, 9.17) is 0 Å². The van der Waals surface area contributed by atoms with Crippen LogP contribution in [-0.2, 0) is 9.59 Å². The molecule has 0 aromatic heterocycles. The smallest absolute Gasteiger partial charge is 0.243 e. The van der Waals surface area contributed by atoms with Gasteiger partial charge in [-0.1, -0.05) is 30.4 Å². The van der Waals surface area contributed by atoms with E-state index in [-0.39, 0.29) is 24.3 Å². The van der Waals surface area contributed by atoms with Gasteiger partial charge in [0.1, 0.15) is 0 Å². The Morgan fingerprint density at radius 2 is 1.90 bits per heavy atom. The SMILES string of the molecule is Cc1cccc(C)c1NC(=O)CNC(=O)C1CC=CCC1. The van der Waals surface area contributed by atoms with Crippen LogP contribution in [0.15, 0.2) is 30.4 Å². The van der Waals surface area contributed by atoms with E-state index in [0.29, 0.717) is 0 Å². The van der Waals surface area contributed by atoms with Gasteiger partial charge in [-0.25, -0.2) is 0 Å². The Morgan fingerprint density at radius 3 is 2.52 bits per heavy atom. The van der Waals surface area contributed by atoms with E-state index in [1.54, 1.807) is 0 Å². The first-order chi connectivity index (χ1) is 10.1. The van der Waals surface area contributed by atoms with Crippen molar-refractivity contribution in [2.75, 3.05) is 11.9 Å². The molecule has 0 bridgehead atoms. The minimum Gasteiger partial charge on any atom is -0.347 e. The molecule has 0 spiro atoms. The fourth-order valence-corrected chi connectivity index (χ4v) is 2.54. The molecule has 1 atom stereocenters. The monoisotopic (exact) mass is 286 g/mol. The minimum absolute atomic E-state index is 0.00278. The van der Waals surface area contributed by atoms with Crippen LogP contribution in [0.1, 0.15) is 30.4 Å². The highest BCUT2D eigenvalue weighted by molar-refractivity contribution is 5.96. The average molecular weight is 286 g/mol. The Bertz CT molecular complexity index is 544. The predicted molar refractivity (Wildman–Crippen MR) is 84.0 cm³/mol. The fraction of sp³-hybridized carbons (Fsp3) is 0.412. The summed E-state index contributed by atoms with van der Waals surface area (Å²) in [5.41, 5.74) is 2.87. The largest absolute Gasteiger partial charge is 0.347 e. The van der Waals surface area contributed by atoms with Crippen molar-refractivity contribution in [3.8, 4) is 0 Å². The lowest BCUT2D eigenvalue weighted by Gasteiger charge is -2.17. The Hall–Kier alpha value is -2.10. The molecule has 1 aromatic rings. The molecule has 1 unspecified atom stereocenters. The number of hydrogen-bond acceptors (Lipinski definition) is 2. The summed E-state index contributed by atoms with van der Waals surface area (Å²) in [7, 11) is 0. The maximum absolute atomic E-state index is 12.0. The summed E-state index contributed by atoms with van der Waals surface area (Å²) in [5, 5.41) is 5.60. The summed E-state index contributed by atoms with van der Waals surface area (Å²) in [6.07, 6.45) is 6.69. The average Bonchev–Trinajstić information content (AvgIpc) is 2.49. The van der Waals surface area contributed by atoms with E-state index in [1.807, 2.05) is 38.1 Å². The second-order valence-corrected chi connectivity index (χ2v) is 5.51. The lowest BCUT2D eigenvalue weighted by Crippen LogP contribution is -2.37.